The Kier molecular flexibility index (Phi) is 2.77. The Hall–Kier alpha value is -0.760. The second kappa shape index (κ2) is 3.38. The predicted molar refractivity (Wildman–Crippen MR) is 45.4 cm³/mol. The fourth-order valence-electron chi connectivity index (χ4n) is 1.39. The molecule has 0 unspecified atom stereocenters. The molecule has 0 aromatic heterocycles. The maximum Gasteiger partial charge on any atom is 0.377 e. The van der Waals surface area contributed by atoms with Gasteiger partial charge in [-0.25, -0.2) is 13.2 Å². The van der Waals surface area contributed by atoms with E-state index in [1.807, 2.05) is 0 Å². The Morgan fingerprint density at radius 3 is 2.00 bits per heavy atom. The number of carbonyl (C=O) groups is 1. The van der Waals surface area contributed by atoms with E-state index in [-0.39, 0.29) is 0 Å². The lowest BCUT2D eigenvalue weighted by atomic mass is 9.89. The largest absolute Gasteiger partial charge is 0.477 e. The number of carboxylic acid groups (broad SMARTS) is 1. The maximum atomic E-state index is 13.0. The van der Waals surface area contributed by atoms with Gasteiger partial charge in [0.1, 0.15) is 5.60 Å². The second-order valence-electron chi connectivity index (χ2n) is 3.56. The molecule has 1 fully saturated rings. The third-order valence-corrected chi connectivity index (χ3v) is 4.16. The van der Waals surface area contributed by atoms with Gasteiger partial charge in [0, 0.05) is 0 Å². The first-order valence-electron chi connectivity index (χ1n) is 4.15. The number of hydrogen-bond acceptors (Lipinski definition) is 4. The minimum atomic E-state index is -4.32. The standard InChI is InChI=1S/C7H10F2O5S/c8-7(9,5(10)11)6(12)1-3-15(13,14)4-2-6/h12H,1-4H2,(H,10,11). The lowest BCUT2D eigenvalue weighted by molar-refractivity contribution is -0.210. The van der Waals surface area contributed by atoms with Crippen LogP contribution in [0.25, 0.3) is 0 Å². The SMILES string of the molecule is O=C(O)C(F)(F)C1(O)CCS(=O)(=O)CC1. The van der Waals surface area contributed by atoms with Gasteiger partial charge in [0.15, 0.2) is 9.84 Å². The van der Waals surface area contributed by atoms with E-state index >= 15 is 0 Å². The molecule has 1 rings (SSSR count). The highest BCUT2D eigenvalue weighted by molar-refractivity contribution is 7.91. The van der Waals surface area contributed by atoms with Crippen LogP contribution in [0.15, 0.2) is 0 Å². The van der Waals surface area contributed by atoms with Gasteiger partial charge in [-0.15, -0.1) is 0 Å². The fourth-order valence-corrected chi connectivity index (χ4v) is 2.89. The summed E-state index contributed by atoms with van der Waals surface area (Å²) in [6.07, 6.45) is -1.51. The van der Waals surface area contributed by atoms with Gasteiger partial charge in [0.25, 0.3) is 0 Å². The van der Waals surface area contributed by atoms with Crippen molar-refractivity contribution in [3.05, 3.63) is 0 Å². The van der Waals surface area contributed by atoms with Gasteiger partial charge >= 0.3 is 11.9 Å². The number of aliphatic carboxylic acids is 1. The zero-order valence-electron chi connectivity index (χ0n) is 7.61. The molecule has 0 saturated carbocycles. The highest BCUT2D eigenvalue weighted by atomic mass is 32.2. The molecule has 88 valence electrons. The van der Waals surface area contributed by atoms with Crippen LogP contribution in [0.2, 0.25) is 0 Å². The molecule has 0 bridgehead atoms. The second-order valence-corrected chi connectivity index (χ2v) is 5.87. The number of aliphatic hydroxyl groups is 1. The van der Waals surface area contributed by atoms with Gasteiger partial charge in [0.2, 0.25) is 0 Å². The molecular formula is C7H10F2O5S. The Labute approximate surface area is 84.6 Å². The van der Waals surface area contributed by atoms with E-state index in [1.165, 1.54) is 0 Å². The van der Waals surface area contributed by atoms with Crippen LogP contribution in [0.1, 0.15) is 12.8 Å². The van der Waals surface area contributed by atoms with E-state index < -0.39 is 51.7 Å². The maximum absolute atomic E-state index is 13.0. The topological polar surface area (TPSA) is 91.7 Å². The molecule has 0 atom stereocenters. The fraction of sp³-hybridized carbons (Fsp3) is 0.857. The molecule has 15 heavy (non-hydrogen) atoms. The van der Waals surface area contributed by atoms with Crippen molar-refractivity contribution in [2.45, 2.75) is 24.4 Å². The third kappa shape index (κ3) is 2.10. The monoisotopic (exact) mass is 244 g/mol. The normalized spacial score (nSPS) is 24.7. The van der Waals surface area contributed by atoms with Gasteiger partial charge in [0.05, 0.1) is 11.5 Å². The van der Waals surface area contributed by atoms with E-state index in [9.17, 15) is 27.1 Å². The first kappa shape index (κ1) is 12.3. The number of rotatable bonds is 2. The highest BCUT2D eigenvalue weighted by Crippen LogP contribution is 2.38. The molecule has 0 aromatic rings. The molecule has 0 aliphatic carbocycles. The molecule has 5 nitrogen and oxygen atoms in total. The van der Waals surface area contributed by atoms with E-state index in [4.69, 9.17) is 5.11 Å². The van der Waals surface area contributed by atoms with Gasteiger partial charge in [-0.1, -0.05) is 0 Å². The molecule has 1 aliphatic heterocycles. The lowest BCUT2D eigenvalue weighted by Gasteiger charge is -2.35. The van der Waals surface area contributed by atoms with Crippen LogP contribution in [0.4, 0.5) is 8.78 Å². The zero-order valence-corrected chi connectivity index (χ0v) is 8.43. The summed E-state index contributed by atoms with van der Waals surface area (Å²) in [4.78, 5) is 10.2. The number of hydrogen-bond donors (Lipinski definition) is 2. The van der Waals surface area contributed by atoms with Crippen LogP contribution in [-0.4, -0.2) is 47.6 Å². The summed E-state index contributed by atoms with van der Waals surface area (Å²) in [5.74, 6) is -7.99. The zero-order chi connectivity index (χ0) is 11.9. The Balaban J connectivity index is 2.92. The first-order valence-corrected chi connectivity index (χ1v) is 5.97. The number of sulfone groups is 1. The highest BCUT2D eigenvalue weighted by Gasteiger charge is 2.60. The molecular weight excluding hydrogens is 234 g/mol. The molecule has 1 aliphatic rings. The summed E-state index contributed by atoms with van der Waals surface area (Å²) in [5, 5.41) is 17.6. The summed E-state index contributed by atoms with van der Waals surface area (Å²) in [6.45, 7) is 0. The predicted octanol–water partition coefficient (Wildman–Crippen LogP) is -0.354. The van der Waals surface area contributed by atoms with Crippen molar-refractivity contribution in [2.75, 3.05) is 11.5 Å². The smallest absolute Gasteiger partial charge is 0.377 e. The van der Waals surface area contributed by atoms with E-state index in [1.54, 1.807) is 0 Å². The molecule has 0 spiro atoms. The van der Waals surface area contributed by atoms with Crippen molar-refractivity contribution >= 4 is 15.8 Å². The quantitative estimate of drug-likeness (QED) is 0.692. The molecule has 2 N–H and O–H groups in total. The Morgan fingerprint density at radius 2 is 1.67 bits per heavy atom. The lowest BCUT2D eigenvalue weighted by Crippen LogP contribution is -2.56. The number of carboxylic acids is 1. The van der Waals surface area contributed by atoms with E-state index in [2.05, 4.69) is 0 Å². The summed E-state index contributed by atoms with van der Waals surface area (Å²) in [7, 11) is -3.43. The number of halogens is 2. The third-order valence-electron chi connectivity index (χ3n) is 2.51. The Morgan fingerprint density at radius 1 is 1.27 bits per heavy atom. The van der Waals surface area contributed by atoms with Crippen molar-refractivity contribution < 1.29 is 32.2 Å². The summed E-state index contributed by atoms with van der Waals surface area (Å²) in [5.41, 5.74) is -2.76. The van der Waals surface area contributed by atoms with Crippen LogP contribution in [0.3, 0.4) is 0 Å². The average molecular weight is 244 g/mol. The minimum absolute atomic E-state index is 0.619. The molecule has 1 saturated heterocycles. The van der Waals surface area contributed by atoms with Crippen molar-refractivity contribution in [3.63, 3.8) is 0 Å². The average Bonchev–Trinajstić information content (AvgIpc) is 2.10. The van der Waals surface area contributed by atoms with Gasteiger partial charge < -0.3 is 10.2 Å². The van der Waals surface area contributed by atoms with Crippen LogP contribution in [-0.2, 0) is 14.6 Å². The van der Waals surface area contributed by atoms with Crippen LogP contribution in [0, 0.1) is 0 Å². The molecule has 0 radical (unpaired) electrons. The molecule has 0 aromatic carbocycles. The van der Waals surface area contributed by atoms with Gasteiger partial charge in [-0.3, -0.25) is 0 Å². The summed E-state index contributed by atoms with van der Waals surface area (Å²) in [6, 6.07) is 0. The van der Waals surface area contributed by atoms with Crippen LogP contribution in [0.5, 0.6) is 0 Å². The summed E-state index contributed by atoms with van der Waals surface area (Å²) >= 11 is 0. The van der Waals surface area contributed by atoms with Gasteiger partial charge in [-0.2, -0.15) is 8.78 Å². The van der Waals surface area contributed by atoms with Gasteiger partial charge in [-0.05, 0) is 12.8 Å². The summed E-state index contributed by atoms with van der Waals surface area (Å²) < 4.78 is 47.9. The number of alkyl halides is 2. The van der Waals surface area contributed by atoms with E-state index in [0.717, 1.165) is 0 Å². The van der Waals surface area contributed by atoms with Crippen molar-refractivity contribution in [2.24, 2.45) is 0 Å². The van der Waals surface area contributed by atoms with Crippen molar-refractivity contribution in [1.82, 2.24) is 0 Å². The Bertz CT molecular complexity index is 361. The molecule has 0 amide bonds. The molecule has 8 heteroatoms. The van der Waals surface area contributed by atoms with Crippen LogP contribution >= 0.6 is 0 Å². The molecule has 1 heterocycles. The minimum Gasteiger partial charge on any atom is -0.477 e. The first-order chi connectivity index (χ1) is 6.61. The van der Waals surface area contributed by atoms with Crippen molar-refractivity contribution in [1.29, 1.82) is 0 Å². The van der Waals surface area contributed by atoms with E-state index in [0.29, 0.717) is 0 Å². The van der Waals surface area contributed by atoms with Crippen LogP contribution < -0.4 is 0 Å². The van der Waals surface area contributed by atoms with Crippen molar-refractivity contribution in [3.8, 4) is 0 Å².